The molecule has 0 bridgehead atoms. The Morgan fingerprint density at radius 2 is 1.50 bits per heavy atom. The van der Waals surface area contributed by atoms with E-state index in [4.69, 9.17) is 0 Å². The highest BCUT2D eigenvalue weighted by Crippen LogP contribution is 2.17. The van der Waals surface area contributed by atoms with Crippen LogP contribution in [0.2, 0.25) is 0 Å². The molecule has 0 atom stereocenters. The highest BCUT2D eigenvalue weighted by atomic mass is 32.2. The molecule has 0 aliphatic heterocycles. The lowest BCUT2D eigenvalue weighted by atomic mass is 10.2. The fourth-order valence-corrected chi connectivity index (χ4v) is 3.34. The maximum Gasteiger partial charge on any atom is 0.243 e. The van der Waals surface area contributed by atoms with Crippen molar-refractivity contribution in [3.8, 4) is 0 Å². The summed E-state index contributed by atoms with van der Waals surface area (Å²) in [5.74, 6) is 0. The first-order valence-corrected chi connectivity index (χ1v) is 7.78. The summed E-state index contributed by atoms with van der Waals surface area (Å²) in [5.41, 5.74) is 0.953. The summed E-state index contributed by atoms with van der Waals surface area (Å²) in [6.07, 6.45) is 1.60. The van der Waals surface area contributed by atoms with Crippen LogP contribution in [0.1, 0.15) is 5.56 Å². The highest BCUT2D eigenvalue weighted by Gasteiger charge is 2.23. The lowest BCUT2D eigenvalue weighted by Gasteiger charge is -2.20. The van der Waals surface area contributed by atoms with Gasteiger partial charge in [-0.1, -0.05) is 54.6 Å². The maximum absolute atomic E-state index is 12.6. The molecule has 4 heteroatoms. The Hall–Kier alpha value is -1.91. The molecule has 0 saturated heterocycles. The Morgan fingerprint density at radius 1 is 0.950 bits per heavy atom. The van der Waals surface area contributed by atoms with Crippen molar-refractivity contribution in [2.24, 2.45) is 0 Å². The monoisotopic (exact) mass is 287 g/mol. The van der Waals surface area contributed by atoms with Crippen molar-refractivity contribution in [3.05, 3.63) is 78.9 Å². The minimum Gasteiger partial charge on any atom is -0.207 e. The van der Waals surface area contributed by atoms with Crippen molar-refractivity contribution in [2.45, 2.75) is 11.4 Å². The Balaban J connectivity index is 2.31. The van der Waals surface area contributed by atoms with Gasteiger partial charge in [0.1, 0.15) is 0 Å². The Labute approximate surface area is 120 Å². The molecule has 3 nitrogen and oxygen atoms in total. The summed E-state index contributed by atoms with van der Waals surface area (Å²) in [4.78, 5) is 0.304. The van der Waals surface area contributed by atoms with Crippen LogP contribution in [0, 0.1) is 0 Å². The SMILES string of the molecule is C=CCN(Cc1ccccc1)S(=O)(=O)c1ccccc1. The van der Waals surface area contributed by atoms with Crippen LogP contribution in [0.5, 0.6) is 0 Å². The lowest BCUT2D eigenvalue weighted by Crippen LogP contribution is -2.30. The molecule has 0 saturated carbocycles. The van der Waals surface area contributed by atoms with E-state index in [1.165, 1.54) is 4.31 Å². The smallest absolute Gasteiger partial charge is 0.207 e. The topological polar surface area (TPSA) is 37.4 Å². The van der Waals surface area contributed by atoms with Crippen LogP contribution < -0.4 is 0 Å². The van der Waals surface area contributed by atoms with Crippen LogP contribution in [-0.4, -0.2) is 19.3 Å². The third-order valence-electron chi connectivity index (χ3n) is 2.92. The number of nitrogens with zero attached hydrogens (tertiary/aromatic N) is 1. The quantitative estimate of drug-likeness (QED) is 0.766. The van der Waals surface area contributed by atoms with E-state index in [9.17, 15) is 8.42 Å². The molecular weight excluding hydrogens is 270 g/mol. The van der Waals surface area contributed by atoms with E-state index in [0.717, 1.165) is 5.56 Å². The van der Waals surface area contributed by atoms with Gasteiger partial charge in [-0.3, -0.25) is 0 Å². The van der Waals surface area contributed by atoms with Gasteiger partial charge < -0.3 is 0 Å². The Morgan fingerprint density at radius 3 is 2.05 bits per heavy atom. The average molecular weight is 287 g/mol. The zero-order valence-electron chi connectivity index (χ0n) is 11.1. The van der Waals surface area contributed by atoms with Gasteiger partial charge in [0, 0.05) is 13.1 Å². The molecule has 0 N–H and O–H groups in total. The summed E-state index contributed by atoms with van der Waals surface area (Å²) in [5, 5.41) is 0. The zero-order chi connectivity index (χ0) is 14.4. The van der Waals surface area contributed by atoms with Crippen LogP contribution in [-0.2, 0) is 16.6 Å². The Bertz CT molecular complexity index is 651. The average Bonchev–Trinajstić information content (AvgIpc) is 2.49. The molecule has 2 aromatic carbocycles. The van der Waals surface area contributed by atoms with Crippen LogP contribution in [0.25, 0.3) is 0 Å². The molecule has 20 heavy (non-hydrogen) atoms. The first kappa shape index (κ1) is 14.5. The lowest BCUT2D eigenvalue weighted by molar-refractivity contribution is 0.438. The number of rotatable bonds is 6. The van der Waals surface area contributed by atoms with Gasteiger partial charge in [-0.05, 0) is 17.7 Å². The molecule has 0 radical (unpaired) electrons. The van der Waals surface area contributed by atoms with Crippen LogP contribution in [0.4, 0.5) is 0 Å². The third-order valence-corrected chi connectivity index (χ3v) is 4.74. The third kappa shape index (κ3) is 3.35. The van der Waals surface area contributed by atoms with Gasteiger partial charge >= 0.3 is 0 Å². The fourth-order valence-electron chi connectivity index (χ4n) is 1.92. The van der Waals surface area contributed by atoms with Crippen LogP contribution in [0.15, 0.2) is 78.2 Å². The predicted molar refractivity (Wildman–Crippen MR) is 80.7 cm³/mol. The van der Waals surface area contributed by atoms with Crippen molar-refractivity contribution in [1.29, 1.82) is 0 Å². The molecule has 0 aliphatic carbocycles. The van der Waals surface area contributed by atoms with Gasteiger partial charge in [0.2, 0.25) is 10.0 Å². The molecule has 2 aromatic rings. The molecule has 0 heterocycles. The Kier molecular flexibility index (Phi) is 4.71. The minimum absolute atomic E-state index is 0.284. The number of benzene rings is 2. The number of hydrogen-bond acceptors (Lipinski definition) is 2. The van der Waals surface area contributed by atoms with Gasteiger partial charge in [0.15, 0.2) is 0 Å². The highest BCUT2D eigenvalue weighted by molar-refractivity contribution is 7.89. The first-order valence-electron chi connectivity index (χ1n) is 6.34. The normalized spacial score (nSPS) is 11.4. The molecule has 0 aromatic heterocycles. The second-order valence-corrected chi connectivity index (χ2v) is 6.32. The number of sulfonamides is 1. The van der Waals surface area contributed by atoms with Crippen molar-refractivity contribution < 1.29 is 8.42 Å². The minimum atomic E-state index is -3.50. The van der Waals surface area contributed by atoms with Gasteiger partial charge in [0.25, 0.3) is 0 Å². The van der Waals surface area contributed by atoms with E-state index in [-0.39, 0.29) is 6.54 Å². The fraction of sp³-hybridized carbons (Fsp3) is 0.125. The van der Waals surface area contributed by atoms with E-state index < -0.39 is 10.0 Å². The second-order valence-electron chi connectivity index (χ2n) is 4.38. The molecule has 0 unspecified atom stereocenters. The molecule has 2 rings (SSSR count). The summed E-state index contributed by atoms with van der Waals surface area (Å²) >= 11 is 0. The molecule has 104 valence electrons. The zero-order valence-corrected chi connectivity index (χ0v) is 12.0. The summed E-state index contributed by atoms with van der Waals surface area (Å²) in [7, 11) is -3.50. The number of hydrogen-bond donors (Lipinski definition) is 0. The standard InChI is InChI=1S/C16H17NO2S/c1-2-13-17(14-15-9-5-3-6-10-15)20(18,19)16-11-7-4-8-12-16/h2-12H,1,13-14H2. The predicted octanol–water partition coefficient (Wildman–Crippen LogP) is 3.06. The van der Waals surface area contributed by atoms with Gasteiger partial charge in [-0.2, -0.15) is 4.31 Å². The molecule has 0 amide bonds. The largest absolute Gasteiger partial charge is 0.243 e. The second kappa shape index (κ2) is 6.50. The summed E-state index contributed by atoms with van der Waals surface area (Å²) in [6, 6.07) is 18.0. The first-order chi connectivity index (χ1) is 9.64. The van der Waals surface area contributed by atoms with E-state index in [2.05, 4.69) is 6.58 Å². The molecule has 0 aliphatic rings. The summed E-state index contributed by atoms with van der Waals surface area (Å²) in [6.45, 7) is 4.26. The molecule has 0 spiro atoms. The van der Waals surface area contributed by atoms with E-state index >= 15 is 0 Å². The van der Waals surface area contributed by atoms with Gasteiger partial charge in [-0.25, -0.2) is 8.42 Å². The van der Waals surface area contributed by atoms with Crippen molar-refractivity contribution >= 4 is 10.0 Å². The van der Waals surface area contributed by atoms with Gasteiger partial charge in [0.05, 0.1) is 4.90 Å². The van der Waals surface area contributed by atoms with Crippen LogP contribution in [0.3, 0.4) is 0 Å². The van der Waals surface area contributed by atoms with E-state index in [0.29, 0.717) is 11.4 Å². The van der Waals surface area contributed by atoms with Crippen molar-refractivity contribution in [2.75, 3.05) is 6.54 Å². The van der Waals surface area contributed by atoms with E-state index in [1.54, 1.807) is 36.4 Å². The van der Waals surface area contributed by atoms with Crippen molar-refractivity contribution in [3.63, 3.8) is 0 Å². The summed E-state index contributed by atoms with van der Waals surface area (Å²) < 4.78 is 26.6. The van der Waals surface area contributed by atoms with Crippen LogP contribution >= 0.6 is 0 Å². The maximum atomic E-state index is 12.6. The van der Waals surface area contributed by atoms with Gasteiger partial charge in [-0.15, -0.1) is 6.58 Å². The molecular formula is C16H17NO2S. The van der Waals surface area contributed by atoms with E-state index in [1.807, 2.05) is 30.3 Å². The van der Waals surface area contributed by atoms with Crippen molar-refractivity contribution in [1.82, 2.24) is 4.31 Å². The molecule has 0 fully saturated rings.